The molecule has 1 aliphatic carbocycles. The number of thiophene rings is 1. The summed E-state index contributed by atoms with van der Waals surface area (Å²) in [6, 6.07) is 2.22. The van der Waals surface area contributed by atoms with Crippen LogP contribution < -0.4 is 5.32 Å². The standard InChI is InChI=1S/C23H28N6O2S/c30-16-4-1-14(2-5-16)9-17-18(11-22(31)29-21-12-24-13-27-21)32-19-10-15(28-23(17)19)3-6-20-25-7-8-26-20/h7-8,10,12-14,16,28,30H,1-6,9,11H2,(H,24,27)(H,25,26)(H,29,31). The maximum absolute atomic E-state index is 12.7. The fraction of sp³-hybridized carbons (Fsp3) is 0.435. The Balaban J connectivity index is 1.36. The monoisotopic (exact) mass is 452 g/mol. The zero-order valence-electron chi connectivity index (χ0n) is 17.9. The number of nitrogens with one attached hydrogen (secondary N) is 4. The Morgan fingerprint density at radius 2 is 2.09 bits per heavy atom. The summed E-state index contributed by atoms with van der Waals surface area (Å²) in [5.41, 5.74) is 3.62. The molecule has 0 aromatic carbocycles. The quantitative estimate of drug-likeness (QED) is 0.279. The zero-order valence-corrected chi connectivity index (χ0v) is 18.7. The van der Waals surface area contributed by atoms with Crippen molar-refractivity contribution in [3.05, 3.63) is 52.9 Å². The minimum Gasteiger partial charge on any atom is -0.393 e. The van der Waals surface area contributed by atoms with E-state index in [1.54, 1.807) is 30.1 Å². The van der Waals surface area contributed by atoms with Gasteiger partial charge in [-0.25, -0.2) is 9.97 Å². The molecule has 0 radical (unpaired) electrons. The third-order valence-corrected chi connectivity index (χ3v) is 7.48. The molecule has 1 amide bonds. The van der Waals surface area contributed by atoms with Gasteiger partial charge in [-0.1, -0.05) is 0 Å². The second-order valence-corrected chi connectivity index (χ2v) is 9.78. The number of anilines is 1. The van der Waals surface area contributed by atoms with E-state index in [1.807, 2.05) is 6.20 Å². The molecule has 1 fully saturated rings. The van der Waals surface area contributed by atoms with Gasteiger partial charge in [-0.2, -0.15) is 0 Å². The van der Waals surface area contributed by atoms with Crippen LogP contribution in [0.4, 0.5) is 5.82 Å². The number of fused-ring (bicyclic) bond motifs is 1. The molecule has 9 heteroatoms. The van der Waals surface area contributed by atoms with Gasteiger partial charge in [0, 0.05) is 29.4 Å². The molecule has 5 N–H and O–H groups in total. The second-order valence-electron chi connectivity index (χ2n) is 8.64. The summed E-state index contributed by atoms with van der Waals surface area (Å²) in [6.07, 6.45) is 13.5. The number of aromatic amines is 3. The predicted molar refractivity (Wildman–Crippen MR) is 125 cm³/mol. The number of hydrogen-bond acceptors (Lipinski definition) is 5. The number of carbonyl (C=O) groups is 1. The number of aliphatic hydroxyl groups is 1. The Labute approximate surface area is 189 Å². The number of hydrogen-bond donors (Lipinski definition) is 5. The van der Waals surface area contributed by atoms with Gasteiger partial charge in [0.05, 0.1) is 35.3 Å². The first-order valence-corrected chi connectivity index (χ1v) is 12.0. The van der Waals surface area contributed by atoms with Gasteiger partial charge in [-0.3, -0.25) is 4.79 Å². The van der Waals surface area contributed by atoms with Crippen molar-refractivity contribution in [2.45, 2.75) is 57.5 Å². The number of imidazole rings is 2. The smallest absolute Gasteiger partial charge is 0.230 e. The molecule has 4 aromatic heterocycles. The Morgan fingerprint density at radius 1 is 1.22 bits per heavy atom. The molecule has 0 aliphatic heterocycles. The lowest BCUT2D eigenvalue weighted by molar-refractivity contribution is -0.115. The second kappa shape index (κ2) is 9.30. The minimum atomic E-state index is -0.160. The third kappa shape index (κ3) is 4.78. The van der Waals surface area contributed by atoms with Crippen molar-refractivity contribution in [2.75, 3.05) is 5.32 Å². The lowest BCUT2D eigenvalue weighted by Gasteiger charge is -2.25. The van der Waals surface area contributed by atoms with Crippen LogP contribution in [-0.4, -0.2) is 42.0 Å². The average Bonchev–Trinajstić information content (AvgIpc) is 3.56. The molecule has 0 spiro atoms. The molecule has 32 heavy (non-hydrogen) atoms. The van der Waals surface area contributed by atoms with Crippen LogP contribution in [0.1, 0.15) is 47.6 Å². The first-order valence-electron chi connectivity index (χ1n) is 11.2. The Kier molecular flexibility index (Phi) is 6.09. The highest BCUT2D eigenvalue weighted by molar-refractivity contribution is 7.19. The van der Waals surface area contributed by atoms with Gasteiger partial charge in [0.1, 0.15) is 11.6 Å². The van der Waals surface area contributed by atoms with E-state index in [0.717, 1.165) is 55.6 Å². The SMILES string of the molecule is O=C(Cc1sc2cc(CCc3ncc[nH]3)[nH]c2c1CC1CCC(O)CC1)Nc1cnc[nH]1. The highest BCUT2D eigenvalue weighted by Crippen LogP contribution is 2.37. The van der Waals surface area contributed by atoms with Crippen molar-refractivity contribution >= 4 is 33.3 Å². The van der Waals surface area contributed by atoms with Crippen molar-refractivity contribution in [2.24, 2.45) is 5.92 Å². The number of aliphatic hydroxyl groups excluding tert-OH is 1. The highest BCUT2D eigenvalue weighted by Gasteiger charge is 2.24. The number of aryl methyl sites for hydroxylation is 2. The Morgan fingerprint density at radius 3 is 2.84 bits per heavy atom. The van der Waals surface area contributed by atoms with Crippen LogP contribution >= 0.6 is 11.3 Å². The lowest BCUT2D eigenvalue weighted by atomic mass is 9.83. The zero-order chi connectivity index (χ0) is 21.9. The van der Waals surface area contributed by atoms with Gasteiger partial charge in [-0.15, -0.1) is 11.3 Å². The first kappa shape index (κ1) is 21.0. The van der Waals surface area contributed by atoms with E-state index >= 15 is 0 Å². The van der Waals surface area contributed by atoms with Crippen LogP contribution in [0.15, 0.2) is 31.0 Å². The molecule has 0 bridgehead atoms. The van der Waals surface area contributed by atoms with Crippen molar-refractivity contribution in [3.63, 3.8) is 0 Å². The number of H-pyrrole nitrogens is 3. The molecule has 168 valence electrons. The molecule has 1 saturated carbocycles. The van der Waals surface area contributed by atoms with Crippen LogP contribution in [0.2, 0.25) is 0 Å². The minimum absolute atomic E-state index is 0.0449. The van der Waals surface area contributed by atoms with Gasteiger partial charge >= 0.3 is 0 Å². The van der Waals surface area contributed by atoms with Crippen molar-refractivity contribution in [1.29, 1.82) is 0 Å². The number of rotatable bonds is 8. The van der Waals surface area contributed by atoms with E-state index in [1.165, 1.54) is 21.5 Å². The van der Waals surface area contributed by atoms with Crippen LogP contribution in [0, 0.1) is 5.92 Å². The molecular weight excluding hydrogens is 424 g/mol. The third-order valence-electron chi connectivity index (χ3n) is 6.30. The predicted octanol–water partition coefficient (Wildman–Crippen LogP) is 3.74. The van der Waals surface area contributed by atoms with Crippen LogP contribution in [0.3, 0.4) is 0 Å². The van der Waals surface area contributed by atoms with Crippen LogP contribution in [0.25, 0.3) is 10.2 Å². The molecule has 5 rings (SSSR count). The number of nitrogens with zero attached hydrogens (tertiary/aromatic N) is 2. The molecule has 0 unspecified atom stereocenters. The van der Waals surface area contributed by atoms with Crippen molar-refractivity contribution in [3.8, 4) is 0 Å². The summed E-state index contributed by atoms with van der Waals surface area (Å²) < 4.78 is 1.20. The summed E-state index contributed by atoms with van der Waals surface area (Å²) in [5, 5.41) is 12.8. The maximum atomic E-state index is 12.7. The summed E-state index contributed by atoms with van der Waals surface area (Å²) in [7, 11) is 0. The van der Waals surface area contributed by atoms with E-state index < -0.39 is 0 Å². The van der Waals surface area contributed by atoms with E-state index in [2.05, 4.69) is 36.3 Å². The van der Waals surface area contributed by atoms with E-state index in [9.17, 15) is 9.90 Å². The van der Waals surface area contributed by atoms with E-state index in [-0.39, 0.29) is 12.0 Å². The number of amides is 1. The van der Waals surface area contributed by atoms with Gasteiger partial charge in [0.2, 0.25) is 5.91 Å². The number of carbonyl (C=O) groups excluding carboxylic acids is 1. The van der Waals surface area contributed by atoms with Gasteiger partial charge in [0.25, 0.3) is 0 Å². The Hall–Kier alpha value is -2.91. The van der Waals surface area contributed by atoms with Gasteiger partial charge < -0.3 is 25.4 Å². The summed E-state index contributed by atoms with van der Waals surface area (Å²) in [4.78, 5) is 31.8. The van der Waals surface area contributed by atoms with Gasteiger partial charge in [0.15, 0.2) is 0 Å². The normalized spacial score (nSPS) is 18.9. The topological polar surface area (TPSA) is 122 Å². The maximum Gasteiger partial charge on any atom is 0.230 e. The molecule has 0 atom stereocenters. The van der Waals surface area contributed by atoms with E-state index in [0.29, 0.717) is 18.2 Å². The van der Waals surface area contributed by atoms with Crippen molar-refractivity contribution < 1.29 is 9.90 Å². The van der Waals surface area contributed by atoms with Crippen molar-refractivity contribution in [1.82, 2.24) is 24.9 Å². The molecule has 4 heterocycles. The molecule has 1 aliphatic rings. The summed E-state index contributed by atoms with van der Waals surface area (Å²) in [5.74, 6) is 2.09. The largest absolute Gasteiger partial charge is 0.393 e. The van der Waals surface area contributed by atoms with Gasteiger partial charge in [-0.05, 0) is 56.1 Å². The highest BCUT2D eigenvalue weighted by atomic mass is 32.1. The fourth-order valence-electron chi connectivity index (χ4n) is 4.61. The van der Waals surface area contributed by atoms with Crippen LogP contribution in [0.5, 0.6) is 0 Å². The summed E-state index contributed by atoms with van der Waals surface area (Å²) in [6.45, 7) is 0. The average molecular weight is 453 g/mol. The molecular formula is C23H28N6O2S. The Bertz CT molecular complexity index is 1150. The summed E-state index contributed by atoms with van der Waals surface area (Å²) >= 11 is 1.71. The first-order chi connectivity index (χ1) is 15.6. The van der Waals surface area contributed by atoms with Crippen LogP contribution in [-0.2, 0) is 30.5 Å². The molecule has 0 saturated heterocycles. The number of aromatic nitrogens is 5. The fourth-order valence-corrected chi connectivity index (χ4v) is 5.87. The lowest BCUT2D eigenvalue weighted by Crippen LogP contribution is -2.20. The van der Waals surface area contributed by atoms with E-state index in [4.69, 9.17) is 0 Å². The molecule has 8 nitrogen and oxygen atoms in total. The molecule has 4 aromatic rings.